The molecule has 3 rings (SSSR count). The molecule has 1 aromatic carbocycles. The van der Waals surface area contributed by atoms with E-state index in [1.54, 1.807) is 0 Å². The van der Waals surface area contributed by atoms with Crippen LogP contribution in [0.15, 0.2) is 30.3 Å². The number of amides is 1. The van der Waals surface area contributed by atoms with Crippen molar-refractivity contribution in [1.82, 2.24) is 4.90 Å². The number of ether oxygens (including phenoxy) is 1. The number of benzene rings is 1. The molecule has 2 fully saturated rings. The molecule has 0 unspecified atom stereocenters. The van der Waals surface area contributed by atoms with E-state index in [2.05, 4.69) is 12.1 Å². The van der Waals surface area contributed by atoms with E-state index in [1.165, 1.54) is 5.56 Å². The maximum Gasteiger partial charge on any atom is 0.225 e. The van der Waals surface area contributed by atoms with E-state index in [0.717, 1.165) is 6.42 Å². The van der Waals surface area contributed by atoms with Crippen LogP contribution in [0.5, 0.6) is 0 Å². The third-order valence-electron chi connectivity index (χ3n) is 3.17. The van der Waals surface area contributed by atoms with Gasteiger partial charge >= 0.3 is 0 Å². The van der Waals surface area contributed by atoms with Crippen LogP contribution in [0.25, 0.3) is 0 Å². The first kappa shape index (κ1) is 8.92. The predicted octanol–water partition coefficient (Wildman–Crippen LogP) is 1.71. The lowest BCUT2D eigenvalue weighted by molar-refractivity contribution is -0.131. The molecule has 0 spiro atoms. The Labute approximate surface area is 88.6 Å². The molecule has 3 heteroatoms. The van der Waals surface area contributed by atoms with Gasteiger partial charge in [-0.1, -0.05) is 30.3 Å². The maximum atomic E-state index is 11.7. The van der Waals surface area contributed by atoms with E-state index in [1.807, 2.05) is 23.1 Å². The minimum absolute atomic E-state index is 0.0303. The Morgan fingerprint density at radius 1 is 1.27 bits per heavy atom. The summed E-state index contributed by atoms with van der Waals surface area (Å²) in [5.74, 6) is 0.228. The molecule has 3 nitrogen and oxygen atoms in total. The van der Waals surface area contributed by atoms with E-state index in [0.29, 0.717) is 13.0 Å². The van der Waals surface area contributed by atoms with Crippen LogP contribution in [-0.2, 0) is 9.53 Å². The average Bonchev–Trinajstić information content (AvgIpc) is 2.84. The summed E-state index contributed by atoms with van der Waals surface area (Å²) in [7, 11) is 0. The summed E-state index contributed by atoms with van der Waals surface area (Å²) in [4.78, 5) is 13.6. The first-order valence-electron chi connectivity index (χ1n) is 5.34. The fourth-order valence-corrected chi connectivity index (χ4v) is 2.43. The van der Waals surface area contributed by atoms with Gasteiger partial charge in [0.05, 0.1) is 12.6 Å². The number of rotatable bonds is 1. The second-order valence-corrected chi connectivity index (χ2v) is 4.05. The quantitative estimate of drug-likeness (QED) is 0.695. The van der Waals surface area contributed by atoms with Gasteiger partial charge in [0, 0.05) is 12.8 Å². The van der Waals surface area contributed by atoms with Crippen molar-refractivity contribution in [2.24, 2.45) is 0 Å². The molecule has 0 N–H and O–H groups in total. The summed E-state index contributed by atoms with van der Waals surface area (Å²) in [6, 6.07) is 10.2. The number of carbonyl (C=O) groups excluding carboxylic acids is 1. The molecule has 0 radical (unpaired) electrons. The first-order chi connectivity index (χ1) is 7.36. The Kier molecular flexibility index (Phi) is 1.99. The molecule has 2 atom stereocenters. The Hall–Kier alpha value is -1.35. The van der Waals surface area contributed by atoms with Crippen LogP contribution < -0.4 is 0 Å². The molecule has 2 aliphatic rings. The summed E-state index contributed by atoms with van der Waals surface area (Å²) in [5, 5.41) is 0. The molecule has 78 valence electrons. The first-order valence-corrected chi connectivity index (χ1v) is 5.34. The van der Waals surface area contributed by atoms with Gasteiger partial charge in [-0.3, -0.25) is 4.79 Å². The monoisotopic (exact) mass is 203 g/mol. The molecule has 2 aliphatic heterocycles. The highest BCUT2D eigenvalue weighted by Gasteiger charge is 2.42. The zero-order chi connectivity index (χ0) is 10.3. The van der Waals surface area contributed by atoms with E-state index in [9.17, 15) is 4.79 Å². The average molecular weight is 203 g/mol. The largest absolute Gasteiger partial charge is 0.356 e. The van der Waals surface area contributed by atoms with E-state index in [-0.39, 0.29) is 18.2 Å². The van der Waals surface area contributed by atoms with Crippen molar-refractivity contribution in [3.63, 3.8) is 0 Å². The maximum absolute atomic E-state index is 11.7. The van der Waals surface area contributed by atoms with Crippen molar-refractivity contribution < 1.29 is 9.53 Å². The summed E-state index contributed by atoms with van der Waals surface area (Å²) in [5.41, 5.74) is 1.18. The number of hydrogen-bond donors (Lipinski definition) is 0. The highest BCUT2D eigenvalue weighted by molar-refractivity contribution is 5.79. The Bertz CT molecular complexity index is 376. The minimum atomic E-state index is 0.0303. The van der Waals surface area contributed by atoms with Crippen LogP contribution in [0.1, 0.15) is 24.4 Å². The van der Waals surface area contributed by atoms with Crippen molar-refractivity contribution in [2.45, 2.75) is 25.1 Å². The molecule has 0 bridgehead atoms. The number of hydrogen-bond acceptors (Lipinski definition) is 2. The SMILES string of the molecule is O=C1CC[C@H]2OC[C@H](c3ccccc3)N12. The number of carbonyl (C=O) groups is 1. The van der Waals surface area contributed by atoms with Gasteiger partial charge in [0.15, 0.2) is 0 Å². The lowest BCUT2D eigenvalue weighted by Gasteiger charge is -2.21. The summed E-state index contributed by atoms with van der Waals surface area (Å²) < 4.78 is 5.62. The highest BCUT2D eigenvalue weighted by Crippen LogP contribution is 2.36. The van der Waals surface area contributed by atoms with E-state index >= 15 is 0 Å². The standard InChI is InChI=1S/C12H13NO2/c14-11-6-7-12-13(11)10(8-15-12)9-4-2-1-3-5-9/h1-5,10,12H,6-8H2/t10-,12-/m1/s1. The van der Waals surface area contributed by atoms with Gasteiger partial charge < -0.3 is 9.64 Å². The molecular formula is C12H13NO2. The van der Waals surface area contributed by atoms with Crippen LogP contribution in [0.3, 0.4) is 0 Å². The normalized spacial score (nSPS) is 29.6. The fraction of sp³-hybridized carbons (Fsp3) is 0.417. The van der Waals surface area contributed by atoms with Crippen molar-refractivity contribution in [3.05, 3.63) is 35.9 Å². The second-order valence-electron chi connectivity index (χ2n) is 4.05. The van der Waals surface area contributed by atoms with Crippen LogP contribution >= 0.6 is 0 Å². The van der Waals surface area contributed by atoms with E-state index in [4.69, 9.17) is 4.74 Å². The van der Waals surface area contributed by atoms with Gasteiger partial charge in [-0.25, -0.2) is 0 Å². The van der Waals surface area contributed by atoms with Gasteiger partial charge in [0.1, 0.15) is 6.23 Å². The zero-order valence-corrected chi connectivity index (χ0v) is 8.43. The van der Waals surface area contributed by atoms with Crippen molar-refractivity contribution >= 4 is 5.91 Å². The Morgan fingerprint density at radius 3 is 2.87 bits per heavy atom. The molecule has 0 aromatic heterocycles. The van der Waals surface area contributed by atoms with Gasteiger partial charge in [-0.15, -0.1) is 0 Å². The van der Waals surface area contributed by atoms with Gasteiger partial charge in [0.25, 0.3) is 0 Å². The fourth-order valence-electron chi connectivity index (χ4n) is 2.43. The van der Waals surface area contributed by atoms with Gasteiger partial charge in [0.2, 0.25) is 5.91 Å². The van der Waals surface area contributed by atoms with Crippen LogP contribution in [-0.4, -0.2) is 23.6 Å². The summed E-state index contributed by atoms with van der Waals surface area (Å²) >= 11 is 0. The lowest BCUT2D eigenvalue weighted by atomic mass is 10.1. The van der Waals surface area contributed by atoms with Gasteiger partial charge in [-0.2, -0.15) is 0 Å². The van der Waals surface area contributed by atoms with Crippen molar-refractivity contribution in [3.8, 4) is 0 Å². The smallest absolute Gasteiger partial charge is 0.225 e. The third kappa shape index (κ3) is 1.35. The molecule has 1 aromatic rings. The molecule has 0 saturated carbocycles. The van der Waals surface area contributed by atoms with Crippen LogP contribution in [0, 0.1) is 0 Å². The Balaban J connectivity index is 1.92. The van der Waals surface area contributed by atoms with Crippen LogP contribution in [0.2, 0.25) is 0 Å². The summed E-state index contributed by atoms with van der Waals surface area (Å²) in [6.07, 6.45) is 1.51. The Morgan fingerprint density at radius 2 is 2.07 bits per heavy atom. The molecule has 0 aliphatic carbocycles. The molecule has 2 heterocycles. The highest BCUT2D eigenvalue weighted by atomic mass is 16.5. The number of fused-ring (bicyclic) bond motifs is 1. The van der Waals surface area contributed by atoms with Crippen molar-refractivity contribution in [1.29, 1.82) is 0 Å². The zero-order valence-electron chi connectivity index (χ0n) is 8.43. The number of nitrogens with zero attached hydrogens (tertiary/aromatic N) is 1. The van der Waals surface area contributed by atoms with Crippen molar-refractivity contribution in [2.75, 3.05) is 6.61 Å². The second kappa shape index (κ2) is 3.35. The third-order valence-corrected chi connectivity index (χ3v) is 3.17. The lowest BCUT2D eigenvalue weighted by Crippen LogP contribution is -2.30. The molecule has 15 heavy (non-hydrogen) atoms. The molecule has 1 amide bonds. The molecular weight excluding hydrogens is 190 g/mol. The minimum Gasteiger partial charge on any atom is -0.356 e. The van der Waals surface area contributed by atoms with Crippen LogP contribution in [0.4, 0.5) is 0 Å². The summed E-state index contributed by atoms with van der Waals surface area (Å²) in [6.45, 7) is 0.639. The van der Waals surface area contributed by atoms with Gasteiger partial charge in [-0.05, 0) is 5.56 Å². The molecule has 2 saturated heterocycles. The predicted molar refractivity (Wildman–Crippen MR) is 55.0 cm³/mol. The van der Waals surface area contributed by atoms with E-state index < -0.39 is 0 Å². The topological polar surface area (TPSA) is 29.5 Å².